The van der Waals surface area contributed by atoms with Crippen LogP contribution >= 0.6 is 0 Å². The van der Waals surface area contributed by atoms with Gasteiger partial charge in [0, 0.05) is 13.0 Å². The highest BCUT2D eigenvalue weighted by molar-refractivity contribution is 5.26. The lowest BCUT2D eigenvalue weighted by molar-refractivity contribution is 0.475. The maximum atomic E-state index is 9.16. The van der Waals surface area contributed by atoms with Gasteiger partial charge < -0.3 is 14.8 Å². The molecule has 2 rings (SSSR count). The Morgan fingerprint density at radius 2 is 1.94 bits per heavy atom. The molecule has 2 N–H and O–H groups in total. The molecule has 1 aromatic carbocycles. The molecule has 0 aliphatic carbocycles. The van der Waals surface area contributed by atoms with Crippen LogP contribution in [0, 0.1) is 0 Å². The number of phenols is 1. The predicted octanol–water partition coefficient (Wildman–Crippen LogP) is 1.99. The van der Waals surface area contributed by atoms with Gasteiger partial charge in [-0.15, -0.1) is 5.10 Å². The maximum Gasteiger partial charge on any atom is 0.315 e. The summed E-state index contributed by atoms with van der Waals surface area (Å²) in [5.74, 6) is 0.898. The van der Waals surface area contributed by atoms with Gasteiger partial charge in [-0.3, -0.25) is 0 Å². The molecule has 0 bridgehead atoms. The van der Waals surface area contributed by atoms with Crippen molar-refractivity contribution in [3.8, 4) is 5.75 Å². The number of hydrogen-bond donors (Lipinski definition) is 2. The van der Waals surface area contributed by atoms with Gasteiger partial charge in [0.15, 0.2) is 0 Å². The zero-order chi connectivity index (χ0) is 12.1. The Morgan fingerprint density at radius 1 is 1.18 bits per heavy atom. The van der Waals surface area contributed by atoms with Crippen LogP contribution in [0.5, 0.6) is 5.75 Å². The summed E-state index contributed by atoms with van der Waals surface area (Å²) in [7, 11) is 0. The lowest BCUT2D eigenvalue weighted by Crippen LogP contribution is -1.95. The third kappa shape index (κ3) is 3.21. The van der Waals surface area contributed by atoms with Gasteiger partial charge >= 0.3 is 6.01 Å². The average Bonchev–Trinajstić information content (AvgIpc) is 2.77. The highest BCUT2D eigenvalue weighted by atomic mass is 16.4. The van der Waals surface area contributed by atoms with E-state index in [1.165, 1.54) is 0 Å². The second-order valence-corrected chi connectivity index (χ2v) is 3.70. The molecule has 0 saturated carbocycles. The van der Waals surface area contributed by atoms with Crippen molar-refractivity contribution in [2.75, 3.05) is 11.9 Å². The summed E-state index contributed by atoms with van der Waals surface area (Å²) in [5, 5.41) is 19.9. The summed E-state index contributed by atoms with van der Waals surface area (Å²) in [6.45, 7) is 2.74. The topological polar surface area (TPSA) is 71.2 Å². The van der Waals surface area contributed by atoms with Gasteiger partial charge in [-0.1, -0.05) is 17.2 Å². The molecule has 0 spiro atoms. The van der Waals surface area contributed by atoms with Gasteiger partial charge in [-0.25, -0.2) is 0 Å². The number of nitrogens with one attached hydrogen (secondary N) is 1. The molecule has 5 nitrogen and oxygen atoms in total. The normalized spacial score (nSPS) is 10.4. The molecule has 1 aromatic heterocycles. The molecule has 5 heteroatoms. The molecule has 0 atom stereocenters. The number of nitrogens with zero attached hydrogens (tertiary/aromatic N) is 2. The molecule has 0 aliphatic rings. The molecule has 90 valence electrons. The third-order valence-electron chi connectivity index (χ3n) is 2.36. The Balaban J connectivity index is 1.90. The number of aromatic hydroxyl groups is 1. The summed E-state index contributed by atoms with van der Waals surface area (Å²) >= 11 is 0. The zero-order valence-electron chi connectivity index (χ0n) is 9.68. The van der Waals surface area contributed by atoms with Crippen LogP contribution < -0.4 is 5.32 Å². The Morgan fingerprint density at radius 3 is 2.65 bits per heavy atom. The Bertz CT molecular complexity index is 465. The maximum absolute atomic E-state index is 9.16. The van der Waals surface area contributed by atoms with Gasteiger partial charge in [0.2, 0.25) is 5.89 Å². The molecule has 17 heavy (non-hydrogen) atoms. The molecule has 2 aromatic rings. The SMILES string of the molecule is CCNc1nnc(CCc2ccc(O)cc2)o1. The molecule has 0 saturated heterocycles. The van der Waals surface area contributed by atoms with E-state index in [1.807, 2.05) is 19.1 Å². The highest BCUT2D eigenvalue weighted by Crippen LogP contribution is 2.12. The second-order valence-electron chi connectivity index (χ2n) is 3.70. The monoisotopic (exact) mass is 233 g/mol. The first kappa shape index (κ1) is 11.4. The summed E-state index contributed by atoms with van der Waals surface area (Å²) < 4.78 is 5.39. The van der Waals surface area contributed by atoms with E-state index in [-0.39, 0.29) is 5.75 Å². The van der Waals surface area contributed by atoms with Gasteiger partial charge in [0.1, 0.15) is 5.75 Å². The molecule has 0 aliphatic heterocycles. The predicted molar refractivity (Wildman–Crippen MR) is 64.0 cm³/mol. The van der Waals surface area contributed by atoms with Crippen LogP contribution in [0.2, 0.25) is 0 Å². The number of aromatic nitrogens is 2. The quantitative estimate of drug-likeness (QED) is 0.826. The molecule has 0 fully saturated rings. The number of hydrogen-bond acceptors (Lipinski definition) is 5. The van der Waals surface area contributed by atoms with Gasteiger partial charge in [0.05, 0.1) is 0 Å². The van der Waals surface area contributed by atoms with Crippen molar-refractivity contribution < 1.29 is 9.52 Å². The first-order chi connectivity index (χ1) is 8.28. The van der Waals surface area contributed by atoms with E-state index in [4.69, 9.17) is 9.52 Å². The van der Waals surface area contributed by atoms with E-state index in [2.05, 4.69) is 15.5 Å². The molecule has 0 unspecified atom stereocenters. The van der Waals surface area contributed by atoms with E-state index in [9.17, 15) is 0 Å². The van der Waals surface area contributed by atoms with Gasteiger partial charge in [-0.2, -0.15) is 0 Å². The van der Waals surface area contributed by atoms with Crippen LogP contribution in [0.4, 0.5) is 6.01 Å². The fourth-order valence-corrected chi connectivity index (χ4v) is 1.49. The van der Waals surface area contributed by atoms with E-state index in [0.717, 1.165) is 18.5 Å². The largest absolute Gasteiger partial charge is 0.508 e. The Hall–Kier alpha value is -2.04. The van der Waals surface area contributed by atoms with Crippen LogP contribution in [0.15, 0.2) is 28.7 Å². The van der Waals surface area contributed by atoms with Crippen molar-refractivity contribution in [3.05, 3.63) is 35.7 Å². The smallest absolute Gasteiger partial charge is 0.315 e. The fraction of sp³-hybridized carbons (Fsp3) is 0.333. The number of rotatable bonds is 5. The molecule has 0 radical (unpaired) electrons. The Labute approximate surface area is 99.5 Å². The first-order valence-electron chi connectivity index (χ1n) is 5.62. The zero-order valence-corrected chi connectivity index (χ0v) is 9.68. The van der Waals surface area contributed by atoms with E-state index >= 15 is 0 Å². The number of phenolic OH excluding ortho intramolecular Hbond substituents is 1. The van der Waals surface area contributed by atoms with Crippen molar-refractivity contribution >= 4 is 6.01 Å². The Kier molecular flexibility index (Phi) is 3.59. The lowest BCUT2D eigenvalue weighted by Gasteiger charge is -1.98. The summed E-state index contributed by atoms with van der Waals surface area (Å²) in [6.07, 6.45) is 1.51. The number of benzene rings is 1. The first-order valence-corrected chi connectivity index (χ1v) is 5.62. The standard InChI is InChI=1S/C12H15N3O2/c1-2-13-12-15-14-11(17-12)8-5-9-3-6-10(16)7-4-9/h3-4,6-7,16H,2,5,8H2,1H3,(H,13,15). The van der Waals surface area contributed by atoms with Gasteiger partial charge in [-0.05, 0) is 31.0 Å². The fourth-order valence-electron chi connectivity index (χ4n) is 1.49. The lowest BCUT2D eigenvalue weighted by atomic mass is 10.1. The summed E-state index contributed by atoms with van der Waals surface area (Å²) in [5.41, 5.74) is 1.13. The van der Waals surface area contributed by atoms with E-state index in [1.54, 1.807) is 12.1 Å². The molecular formula is C12H15N3O2. The van der Waals surface area contributed by atoms with E-state index in [0.29, 0.717) is 18.3 Å². The van der Waals surface area contributed by atoms with Crippen LogP contribution in [0.3, 0.4) is 0 Å². The second kappa shape index (κ2) is 5.34. The van der Waals surface area contributed by atoms with Crippen LogP contribution in [-0.4, -0.2) is 21.8 Å². The van der Waals surface area contributed by atoms with Crippen LogP contribution in [0.1, 0.15) is 18.4 Å². The van der Waals surface area contributed by atoms with Gasteiger partial charge in [0.25, 0.3) is 0 Å². The molecular weight excluding hydrogens is 218 g/mol. The van der Waals surface area contributed by atoms with Crippen molar-refractivity contribution in [2.24, 2.45) is 0 Å². The van der Waals surface area contributed by atoms with Crippen molar-refractivity contribution in [2.45, 2.75) is 19.8 Å². The molecule has 1 heterocycles. The molecule has 0 amide bonds. The van der Waals surface area contributed by atoms with Crippen LogP contribution in [-0.2, 0) is 12.8 Å². The minimum absolute atomic E-state index is 0.279. The van der Waals surface area contributed by atoms with Crippen molar-refractivity contribution in [1.82, 2.24) is 10.2 Å². The number of anilines is 1. The van der Waals surface area contributed by atoms with Crippen molar-refractivity contribution in [1.29, 1.82) is 0 Å². The highest BCUT2D eigenvalue weighted by Gasteiger charge is 2.05. The minimum Gasteiger partial charge on any atom is -0.508 e. The average molecular weight is 233 g/mol. The summed E-state index contributed by atoms with van der Waals surface area (Å²) in [4.78, 5) is 0. The summed E-state index contributed by atoms with van der Waals surface area (Å²) in [6, 6.07) is 7.59. The van der Waals surface area contributed by atoms with Crippen molar-refractivity contribution in [3.63, 3.8) is 0 Å². The number of aryl methyl sites for hydroxylation is 2. The van der Waals surface area contributed by atoms with Crippen LogP contribution in [0.25, 0.3) is 0 Å². The minimum atomic E-state index is 0.279. The third-order valence-corrected chi connectivity index (χ3v) is 2.36. The van der Waals surface area contributed by atoms with E-state index < -0.39 is 0 Å².